The van der Waals surface area contributed by atoms with Crippen LogP contribution in [-0.4, -0.2) is 36.1 Å². The van der Waals surface area contributed by atoms with Gasteiger partial charge in [-0.2, -0.15) is 6.41 Å². The van der Waals surface area contributed by atoms with Crippen molar-refractivity contribution in [2.75, 3.05) is 6.54 Å². The zero-order valence-electron chi connectivity index (χ0n) is 7.74. The summed E-state index contributed by atoms with van der Waals surface area (Å²) in [5.74, 6) is -1.13. The Labute approximate surface area is 80.6 Å². The Morgan fingerprint density at radius 3 is 2.47 bits per heavy atom. The molecule has 0 rings (SSSR count). The van der Waals surface area contributed by atoms with Crippen LogP contribution >= 0.6 is 0 Å². The second-order valence-corrected chi connectivity index (χ2v) is 2.57. The summed E-state index contributed by atoms with van der Waals surface area (Å²) in [7, 11) is 0. The Morgan fingerprint density at radius 2 is 2.07 bits per heavy atom. The fraction of sp³-hybridized carbons (Fsp3) is 0.571. The molecule has 15 heavy (non-hydrogen) atoms. The fourth-order valence-corrected chi connectivity index (χ4v) is 0.846. The van der Waals surface area contributed by atoms with Crippen LogP contribution in [0.25, 0.3) is 0 Å². The van der Waals surface area contributed by atoms with Gasteiger partial charge in [0.15, 0.2) is 0 Å². The van der Waals surface area contributed by atoms with Crippen molar-refractivity contribution in [3.63, 3.8) is 0 Å². The van der Waals surface area contributed by atoms with Gasteiger partial charge in [0.1, 0.15) is 0 Å². The number of carbonyl (C=O) groups is 2. The first kappa shape index (κ1) is 14.7. The molecule has 5 N–H and O–H groups in total. The van der Waals surface area contributed by atoms with E-state index in [4.69, 9.17) is 10.8 Å². The van der Waals surface area contributed by atoms with Crippen LogP contribution in [0.2, 0.25) is 0 Å². The number of urea groups is 1. The SMILES string of the molecule is NC(=O)NCCCC(N[C-]=O)C(=O)O.[Fm]. The molecule has 3 amide bonds. The van der Waals surface area contributed by atoms with E-state index in [0.717, 1.165) is 0 Å². The number of nitrogens with one attached hydrogen (secondary N) is 2. The Balaban J connectivity index is 0. The minimum atomic E-state index is -1.13. The van der Waals surface area contributed by atoms with Gasteiger partial charge in [-0.15, -0.1) is 0 Å². The molecule has 0 fully saturated rings. The van der Waals surface area contributed by atoms with Gasteiger partial charge in [-0.1, -0.05) is 0 Å². The van der Waals surface area contributed by atoms with Crippen LogP contribution < -0.4 is 16.4 Å². The van der Waals surface area contributed by atoms with Gasteiger partial charge in [-0.05, 0) is 12.8 Å². The van der Waals surface area contributed by atoms with Gasteiger partial charge >= 0.3 is 12.0 Å². The maximum atomic E-state index is 10.5. The van der Waals surface area contributed by atoms with Crippen LogP contribution in [0.15, 0.2) is 0 Å². The van der Waals surface area contributed by atoms with E-state index in [1.807, 2.05) is 5.32 Å². The second kappa shape index (κ2) is 7.84. The van der Waals surface area contributed by atoms with Crippen molar-refractivity contribution in [1.29, 1.82) is 0 Å². The van der Waals surface area contributed by atoms with Crippen molar-refractivity contribution in [3.05, 3.63) is 0 Å². The van der Waals surface area contributed by atoms with Gasteiger partial charge in [-0.3, -0.25) is 4.79 Å². The predicted molar refractivity (Wildman–Crippen MR) is 47.1 cm³/mol. The molecule has 0 aromatic heterocycles. The summed E-state index contributed by atoms with van der Waals surface area (Å²) in [6, 6.07) is -1.63. The average Bonchev–Trinajstić information content (AvgIpc) is 2.09. The first-order chi connectivity index (χ1) is 6.57. The predicted octanol–water partition coefficient (Wildman–Crippen LogP) is -1.46. The van der Waals surface area contributed by atoms with Crippen molar-refractivity contribution in [2.45, 2.75) is 18.9 Å². The largest absolute Gasteiger partial charge is 0.520 e. The normalized spacial score (nSPS) is 10.7. The standard InChI is InChI=1S/C7H12N3O4.Fm/c8-7(14)9-3-1-2-5(6(12)13)10-4-11;/h5H,1-3H2,(H,10,11)(H,12,13)(H3,8,9,14);/q-1;. The van der Waals surface area contributed by atoms with Crippen LogP contribution in [0.4, 0.5) is 4.79 Å². The molecule has 0 saturated heterocycles. The van der Waals surface area contributed by atoms with E-state index in [1.165, 1.54) is 6.41 Å². The molecule has 92 valence electrons. The molecule has 0 spiro atoms. The van der Waals surface area contributed by atoms with E-state index in [2.05, 4.69) is 5.32 Å². The summed E-state index contributed by atoms with van der Waals surface area (Å²) < 4.78 is 0. The van der Waals surface area contributed by atoms with Gasteiger partial charge < -0.3 is 26.3 Å². The molecule has 0 aliphatic rings. The molecule has 0 aromatic rings. The molecule has 0 radical (unpaired) electrons. The zero-order valence-corrected chi connectivity index (χ0v) is 10.1. The van der Waals surface area contributed by atoms with Crippen LogP contribution in [0.1, 0.15) is 12.8 Å². The van der Waals surface area contributed by atoms with Crippen molar-refractivity contribution < 1.29 is 19.5 Å². The topological polar surface area (TPSA) is 122 Å². The molecule has 0 saturated carbocycles. The number of carbonyl (C=O) groups excluding carboxylic acids is 2. The number of hydrogen-bond donors (Lipinski definition) is 4. The molecule has 0 aromatic carbocycles. The summed E-state index contributed by atoms with van der Waals surface area (Å²) in [5.41, 5.74) is 4.78. The average molecular weight is 459 g/mol. The smallest absolute Gasteiger partial charge is 0.323 e. The van der Waals surface area contributed by atoms with Gasteiger partial charge in [0, 0.05) is 6.54 Å². The number of nitrogens with two attached hydrogens (primary N) is 1. The Bertz CT molecular complexity index is 224. The number of carboxylic acid groups (broad SMARTS) is 1. The molecule has 8 heteroatoms. The van der Waals surface area contributed by atoms with Crippen molar-refractivity contribution in [2.24, 2.45) is 5.73 Å². The number of aliphatic carboxylic acids is 1. The molecule has 0 aliphatic carbocycles. The molecular weight excluding hydrogens is 447 g/mol. The summed E-state index contributed by atoms with van der Waals surface area (Å²) in [6.07, 6.45) is 1.93. The third-order valence-electron chi connectivity index (χ3n) is 1.50. The van der Waals surface area contributed by atoms with Crippen molar-refractivity contribution in [1.82, 2.24) is 10.6 Å². The van der Waals surface area contributed by atoms with Gasteiger partial charge in [-0.25, -0.2) is 4.79 Å². The van der Waals surface area contributed by atoms with E-state index < -0.39 is 18.0 Å². The van der Waals surface area contributed by atoms with Crippen LogP contribution in [0.3, 0.4) is 0 Å². The first-order valence-electron chi connectivity index (χ1n) is 3.96. The summed E-state index contributed by atoms with van der Waals surface area (Å²) in [4.78, 5) is 30.6. The number of carboxylic acids is 1. The number of rotatable bonds is 7. The summed E-state index contributed by atoms with van der Waals surface area (Å²) in [6.45, 7) is 0.277. The Hall–Kier alpha value is -2.79. The van der Waals surface area contributed by atoms with Crippen LogP contribution in [0.5, 0.6) is 0 Å². The van der Waals surface area contributed by atoms with Crippen molar-refractivity contribution >= 4 is 18.4 Å². The van der Waals surface area contributed by atoms with Gasteiger partial charge in [0.2, 0.25) is 0 Å². The van der Waals surface area contributed by atoms with E-state index >= 15 is 0 Å². The zero-order chi connectivity index (χ0) is 11.0. The monoisotopic (exact) mass is 459 g/mol. The summed E-state index contributed by atoms with van der Waals surface area (Å²) >= 11 is 0. The maximum absolute atomic E-state index is 10.5. The molecule has 7 nitrogen and oxygen atoms in total. The number of hydrogen-bond acceptors (Lipinski definition) is 3. The molecule has 1 unspecified atom stereocenters. The van der Waals surface area contributed by atoms with Gasteiger partial charge in [0.05, 0.1) is 6.04 Å². The quantitative estimate of drug-likeness (QED) is 0.211. The number of amides is 3. The fourth-order valence-electron chi connectivity index (χ4n) is 0.846. The molecule has 0 bridgehead atoms. The van der Waals surface area contributed by atoms with Crippen molar-refractivity contribution in [3.8, 4) is 0 Å². The van der Waals surface area contributed by atoms with E-state index in [0.29, 0.717) is 6.42 Å². The maximum Gasteiger partial charge on any atom is 0.323 e. The minimum absolute atomic E-state index is 0. The van der Waals surface area contributed by atoms with Crippen LogP contribution in [-0.2, 0) is 9.59 Å². The Kier molecular flexibility index (Phi) is 7.69. The van der Waals surface area contributed by atoms with Crippen LogP contribution in [0, 0.1) is 0 Å². The third kappa shape index (κ3) is 7.57. The molecule has 0 aliphatic heterocycles. The Morgan fingerprint density at radius 1 is 1.47 bits per heavy atom. The van der Waals surface area contributed by atoms with Gasteiger partial charge in [0.25, 0.3) is 0 Å². The minimum Gasteiger partial charge on any atom is -0.520 e. The molecular formula is C7H12FmN3O4-. The van der Waals surface area contributed by atoms with E-state index in [9.17, 15) is 14.4 Å². The number of primary amides is 1. The summed E-state index contributed by atoms with van der Waals surface area (Å²) in [5, 5.41) is 12.9. The molecule has 0 heterocycles. The first-order valence-corrected chi connectivity index (χ1v) is 3.96. The second-order valence-electron chi connectivity index (χ2n) is 2.57. The third-order valence-corrected chi connectivity index (χ3v) is 1.50. The molecule has 1 atom stereocenters. The van der Waals surface area contributed by atoms with E-state index in [1.54, 1.807) is 0 Å². The van der Waals surface area contributed by atoms with E-state index in [-0.39, 0.29) is 13.0 Å².